The Kier molecular flexibility index (Phi) is 10.5. The summed E-state index contributed by atoms with van der Waals surface area (Å²) < 4.78 is 6.66. The second kappa shape index (κ2) is 14.7. The SMILES string of the molecule is O=C(Cc1ccc(-c2ccc(O)cc2)cc1)NC[C@@H](O)[C@@H](O)[C@@H]1O[C@](C(=O)[O-])(n2cc(-c3ccccc3)nn2)C[C@H](O)[C@H]1NC(=O)CO. The van der Waals surface area contributed by atoms with Crippen molar-refractivity contribution in [1.82, 2.24) is 25.6 Å². The molecule has 3 aromatic carbocycles. The van der Waals surface area contributed by atoms with Crippen molar-refractivity contribution in [2.75, 3.05) is 13.2 Å². The highest BCUT2D eigenvalue weighted by Crippen LogP contribution is 2.36. The molecule has 1 saturated heterocycles. The number of aliphatic carboxylic acids is 1. The van der Waals surface area contributed by atoms with Gasteiger partial charge < -0.3 is 50.8 Å². The fourth-order valence-electron chi connectivity index (χ4n) is 5.50. The fourth-order valence-corrected chi connectivity index (χ4v) is 5.50. The number of hydrogen-bond donors (Lipinski definition) is 7. The Balaban J connectivity index is 1.30. The van der Waals surface area contributed by atoms with Crippen LogP contribution in [0.3, 0.4) is 0 Å². The van der Waals surface area contributed by atoms with Crippen LogP contribution in [0, 0.1) is 0 Å². The number of nitrogens with zero attached hydrogens (tertiary/aromatic N) is 3. The predicted molar refractivity (Wildman–Crippen MR) is 165 cm³/mol. The summed E-state index contributed by atoms with van der Waals surface area (Å²) in [6.45, 7) is -1.50. The van der Waals surface area contributed by atoms with Crippen LogP contribution in [-0.4, -0.2) is 102 Å². The van der Waals surface area contributed by atoms with Crippen LogP contribution in [0.5, 0.6) is 5.75 Å². The van der Waals surface area contributed by atoms with Crippen LogP contribution in [0.2, 0.25) is 0 Å². The van der Waals surface area contributed by atoms with Crippen molar-refractivity contribution in [3.63, 3.8) is 0 Å². The minimum atomic E-state index is -2.54. The van der Waals surface area contributed by atoms with Crippen LogP contribution in [0.25, 0.3) is 22.4 Å². The van der Waals surface area contributed by atoms with Crippen molar-refractivity contribution in [1.29, 1.82) is 0 Å². The molecule has 2 amide bonds. The van der Waals surface area contributed by atoms with Crippen LogP contribution >= 0.6 is 0 Å². The van der Waals surface area contributed by atoms with Gasteiger partial charge in [0.25, 0.3) is 0 Å². The average Bonchev–Trinajstić information content (AvgIpc) is 3.60. The molecule has 0 bridgehead atoms. The number of amides is 2. The fraction of sp³-hybridized carbons (Fsp3) is 0.303. The van der Waals surface area contributed by atoms with Crippen LogP contribution in [0.15, 0.2) is 85.1 Å². The lowest BCUT2D eigenvalue weighted by atomic mass is 9.87. The molecule has 0 spiro atoms. The zero-order valence-electron chi connectivity index (χ0n) is 25.4. The van der Waals surface area contributed by atoms with E-state index in [9.17, 15) is 45.0 Å². The molecule has 4 aromatic rings. The number of aliphatic hydroxyl groups is 4. The van der Waals surface area contributed by atoms with E-state index in [0.29, 0.717) is 11.1 Å². The first-order chi connectivity index (χ1) is 23.0. The normalized spacial score (nSPS) is 22.0. The summed E-state index contributed by atoms with van der Waals surface area (Å²) in [7, 11) is 0. The van der Waals surface area contributed by atoms with Crippen LogP contribution < -0.4 is 15.7 Å². The summed E-state index contributed by atoms with van der Waals surface area (Å²) in [5.74, 6) is -3.18. The molecule has 5 rings (SSSR count). The number of benzene rings is 3. The van der Waals surface area contributed by atoms with E-state index in [1.807, 2.05) is 12.1 Å². The van der Waals surface area contributed by atoms with Gasteiger partial charge in [0, 0.05) is 18.5 Å². The molecule has 7 N–H and O–H groups in total. The number of carboxylic acid groups (broad SMARTS) is 1. The summed E-state index contributed by atoms with van der Waals surface area (Å²) in [4.78, 5) is 37.4. The Bertz CT molecular complexity index is 1720. The number of rotatable bonds is 12. The highest BCUT2D eigenvalue weighted by Gasteiger charge is 2.53. The summed E-state index contributed by atoms with van der Waals surface area (Å²) >= 11 is 0. The monoisotopic (exact) mass is 660 g/mol. The Morgan fingerprint density at radius 3 is 2.23 bits per heavy atom. The predicted octanol–water partition coefficient (Wildman–Crippen LogP) is -1.57. The largest absolute Gasteiger partial charge is 0.545 e. The zero-order valence-corrected chi connectivity index (χ0v) is 25.4. The van der Waals surface area contributed by atoms with Crippen molar-refractivity contribution in [3.05, 3.63) is 90.6 Å². The van der Waals surface area contributed by atoms with E-state index >= 15 is 0 Å². The van der Waals surface area contributed by atoms with Gasteiger partial charge in [-0.05, 0) is 28.8 Å². The molecule has 0 radical (unpaired) electrons. The van der Waals surface area contributed by atoms with Gasteiger partial charge in [0.15, 0.2) is 0 Å². The van der Waals surface area contributed by atoms with Gasteiger partial charge in [-0.2, -0.15) is 0 Å². The molecule has 252 valence electrons. The van der Waals surface area contributed by atoms with E-state index in [0.717, 1.165) is 15.8 Å². The number of phenolic OH excluding ortho intramolecular Hbond substituents is 1. The van der Waals surface area contributed by atoms with Crippen molar-refractivity contribution < 1.29 is 49.8 Å². The van der Waals surface area contributed by atoms with Gasteiger partial charge in [-0.15, -0.1) is 5.10 Å². The van der Waals surface area contributed by atoms with Crippen molar-refractivity contribution >= 4 is 17.8 Å². The number of phenols is 1. The number of ether oxygens (including phenoxy) is 1. The van der Waals surface area contributed by atoms with Gasteiger partial charge in [0.05, 0.1) is 36.8 Å². The van der Waals surface area contributed by atoms with E-state index in [-0.39, 0.29) is 17.9 Å². The molecule has 0 aliphatic carbocycles. The lowest BCUT2D eigenvalue weighted by Crippen LogP contribution is -2.69. The highest BCUT2D eigenvalue weighted by molar-refractivity contribution is 5.79. The van der Waals surface area contributed by atoms with Crippen molar-refractivity contribution in [3.8, 4) is 28.1 Å². The Morgan fingerprint density at radius 2 is 1.60 bits per heavy atom. The smallest absolute Gasteiger partial charge is 0.246 e. The lowest BCUT2D eigenvalue weighted by Gasteiger charge is -2.49. The third kappa shape index (κ3) is 7.51. The molecule has 1 fully saturated rings. The number of hydrogen-bond acceptors (Lipinski definition) is 12. The van der Waals surface area contributed by atoms with E-state index < -0.39 is 73.5 Å². The maximum absolute atomic E-state index is 12.7. The van der Waals surface area contributed by atoms with Gasteiger partial charge in [-0.1, -0.05) is 71.9 Å². The molecule has 6 atom stereocenters. The first-order valence-electron chi connectivity index (χ1n) is 15.0. The number of carbonyl (C=O) groups is 3. The standard InChI is InChI=1S/C33H35N5O10/c39-18-28(44)35-29-25(41)15-33(32(46)47,38-17-24(36-37-38)22-4-2-1-3-5-22)48-31(29)30(45)26(42)16-34-27(43)14-19-6-8-20(9-7-19)21-10-12-23(40)13-11-21/h1-13,17,25-26,29-31,39-42,45H,14-16,18H2,(H,34,43)(H,35,44)(H,46,47)/p-1/t25-,26+,29+,30+,31+,33+/m0/s1. The highest BCUT2D eigenvalue weighted by atomic mass is 16.6. The number of carbonyl (C=O) groups excluding carboxylic acids is 3. The molecular formula is C33H34N5O10-. The number of aliphatic hydroxyl groups excluding tert-OH is 4. The Hall–Kier alpha value is -5.19. The number of carboxylic acids is 1. The molecule has 48 heavy (non-hydrogen) atoms. The van der Waals surface area contributed by atoms with E-state index in [1.165, 1.54) is 6.20 Å². The molecule has 15 heteroatoms. The lowest BCUT2D eigenvalue weighted by molar-refractivity contribution is -0.355. The van der Waals surface area contributed by atoms with Gasteiger partial charge in [-0.25, -0.2) is 4.68 Å². The third-order valence-electron chi connectivity index (χ3n) is 8.07. The zero-order chi connectivity index (χ0) is 34.4. The first-order valence-corrected chi connectivity index (χ1v) is 15.0. The maximum Gasteiger partial charge on any atom is 0.246 e. The quantitative estimate of drug-likeness (QED) is 0.0912. The first kappa shape index (κ1) is 34.2. The number of nitrogens with one attached hydrogen (secondary N) is 2. The summed E-state index contributed by atoms with van der Waals surface area (Å²) in [5, 5.41) is 77.2. The third-order valence-corrected chi connectivity index (χ3v) is 8.07. The van der Waals surface area contributed by atoms with Crippen molar-refractivity contribution in [2.45, 2.75) is 49.0 Å². The van der Waals surface area contributed by atoms with E-state index in [2.05, 4.69) is 20.9 Å². The van der Waals surface area contributed by atoms with Crippen LogP contribution in [0.4, 0.5) is 0 Å². The van der Waals surface area contributed by atoms with Gasteiger partial charge in [0.1, 0.15) is 30.3 Å². The molecule has 0 saturated carbocycles. The minimum absolute atomic E-state index is 0.0731. The number of aromatic hydroxyl groups is 1. The molecular weight excluding hydrogens is 626 g/mol. The average molecular weight is 661 g/mol. The molecule has 2 heterocycles. The van der Waals surface area contributed by atoms with Crippen LogP contribution in [0.1, 0.15) is 12.0 Å². The number of aromatic nitrogens is 3. The maximum atomic E-state index is 12.7. The minimum Gasteiger partial charge on any atom is -0.545 e. The second-order valence-corrected chi connectivity index (χ2v) is 11.4. The molecule has 0 unspecified atom stereocenters. The Morgan fingerprint density at radius 1 is 0.958 bits per heavy atom. The molecule has 15 nitrogen and oxygen atoms in total. The van der Waals surface area contributed by atoms with Crippen LogP contribution in [-0.2, 0) is 31.3 Å². The summed E-state index contributed by atoms with van der Waals surface area (Å²) in [6, 6.07) is 20.9. The van der Waals surface area contributed by atoms with Gasteiger partial charge >= 0.3 is 0 Å². The second-order valence-electron chi connectivity index (χ2n) is 11.4. The van der Waals surface area contributed by atoms with E-state index in [4.69, 9.17) is 4.74 Å². The van der Waals surface area contributed by atoms with E-state index in [1.54, 1.807) is 66.7 Å². The molecule has 1 aliphatic heterocycles. The molecule has 1 aliphatic rings. The summed E-state index contributed by atoms with van der Waals surface area (Å²) in [5.41, 5.74) is 0.702. The molecule has 1 aromatic heterocycles. The summed E-state index contributed by atoms with van der Waals surface area (Å²) in [6.07, 6.45) is -6.80. The Labute approximate surface area is 274 Å². The van der Waals surface area contributed by atoms with Gasteiger partial charge in [0.2, 0.25) is 17.5 Å². The van der Waals surface area contributed by atoms with Crippen molar-refractivity contribution in [2.24, 2.45) is 0 Å². The van der Waals surface area contributed by atoms with Gasteiger partial charge in [-0.3, -0.25) is 9.59 Å². The topological polar surface area (TPSA) is 239 Å².